The number of benzene rings is 3. The molecule has 6 aliphatic heterocycles. The average molecular weight is 787 g/mol. The van der Waals surface area contributed by atoms with Crippen molar-refractivity contribution < 1.29 is 27.4 Å². The first-order valence-electron chi connectivity index (χ1n) is 23.4. The highest BCUT2D eigenvalue weighted by atomic mass is 16.5. The molecule has 58 heavy (non-hydrogen) atoms. The molecule has 3 aromatic carbocycles. The van der Waals surface area contributed by atoms with E-state index in [4.69, 9.17) is 9.47 Å². The lowest BCUT2D eigenvalue weighted by Gasteiger charge is -2.57. The molecule has 6 fully saturated rings. The molecule has 9 rings (SSSR count). The predicted octanol–water partition coefficient (Wildman–Crippen LogP) is 8.85. The Labute approximate surface area is 352 Å². The number of rotatable bonds is 19. The molecule has 0 aliphatic carbocycles. The maximum Gasteiger partial charge on any atom is 0.233 e. The van der Waals surface area contributed by atoms with Crippen LogP contribution in [0.1, 0.15) is 107 Å². The van der Waals surface area contributed by atoms with Crippen molar-refractivity contribution in [3.05, 3.63) is 95.1 Å². The van der Waals surface area contributed by atoms with Crippen molar-refractivity contribution in [3.8, 4) is 35.2 Å². The van der Waals surface area contributed by atoms with Crippen LogP contribution in [0.5, 0.6) is 11.5 Å². The largest absolute Gasteiger partial charge is 0.493 e. The van der Waals surface area contributed by atoms with Crippen molar-refractivity contribution >= 4 is 0 Å². The zero-order valence-electron chi connectivity index (χ0n) is 36.5. The van der Waals surface area contributed by atoms with Crippen LogP contribution >= 0.6 is 0 Å². The maximum absolute atomic E-state index is 6.72. The number of ether oxygens (including phenoxy) is 2. The van der Waals surface area contributed by atoms with E-state index in [0.29, 0.717) is 0 Å². The van der Waals surface area contributed by atoms with Crippen LogP contribution in [0.15, 0.2) is 72.8 Å². The molecule has 0 saturated carbocycles. The van der Waals surface area contributed by atoms with E-state index in [1.54, 1.807) is 0 Å². The summed E-state index contributed by atoms with van der Waals surface area (Å²) in [6, 6.07) is 24.9. The highest BCUT2D eigenvalue weighted by Gasteiger charge is 2.53. The van der Waals surface area contributed by atoms with Crippen molar-refractivity contribution in [1.29, 1.82) is 0 Å². The van der Waals surface area contributed by atoms with Crippen LogP contribution in [0.4, 0.5) is 0 Å². The van der Waals surface area contributed by atoms with Crippen LogP contribution in [0, 0.1) is 23.7 Å². The normalized spacial score (nSPS) is 26.3. The van der Waals surface area contributed by atoms with Gasteiger partial charge in [-0.2, -0.15) is 0 Å². The smallest absolute Gasteiger partial charge is 0.233 e. The van der Waals surface area contributed by atoms with Crippen molar-refractivity contribution in [3.63, 3.8) is 0 Å². The fourth-order valence-electron chi connectivity index (χ4n) is 10.5. The minimum absolute atomic E-state index is 0.229. The number of fused-ring (bicyclic) bond motifs is 6. The van der Waals surface area contributed by atoms with E-state index < -0.39 is 0 Å². The second kappa shape index (κ2) is 20.0. The van der Waals surface area contributed by atoms with Gasteiger partial charge in [0.25, 0.3) is 0 Å². The highest BCUT2D eigenvalue weighted by molar-refractivity contribution is 5.48. The predicted molar refractivity (Wildman–Crippen MR) is 238 cm³/mol. The molecule has 0 N–H and O–H groups in total. The van der Waals surface area contributed by atoms with Crippen molar-refractivity contribution in [2.45, 2.75) is 91.2 Å². The zero-order valence-corrected chi connectivity index (χ0v) is 36.5. The van der Waals surface area contributed by atoms with Crippen LogP contribution in [0.2, 0.25) is 0 Å². The van der Waals surface area contributed by atoms with E-state index in [1.165, 1.54) is 163 Å². The van der Waals surface area contributed by atoms with Crippen molar-refractivity contribution in [2.75, 3.05) is 105 Å². The van der Waals surface area contributed by atoms with E-state index in [1.807, 2.05) is 0 Å². The van der Waals surface area contributed by atoms with Crippen LogP contribution < -0.4 is 9.47 Å². The lowest BCUT2D eigenvalue weighted by Crippen LogP contribution is -2.78. The Morgan fingerprint density at radius 3 is 1.19 bits per heavy atom. The molecular weight excluding hydrogens is 713 g/mol. The van der Waals surface area contributed by atoms with Gasteiger partial charge in [0.05, 0.1) is 26.2 Å². The minimum atomic E-state index is 0.229. The molecule has 6 saturated heterocycles. The molecule has 0 amide bonds. The summed E-state index contributed by atoms with van der Waals surface area (Å²) in [7, 11) is 0. The summed E-state index contributed by atoms with van der Waals surface area (Å²) in [5, 5.41) is 0. The Balaban J connectivity index is 0.820. The molecule has 6 nitrogen and oxygen atoms in total. The molecule has 6 heterocycles. The van der Waals surface area contributed by atoms with Crippen LogP contribution in [0.3, 0.4) is 0 Å². The van der Waals surface area contributed by atoms with Gasteiger partial charge >= 0.3 is 0 Å². The maximum atomic E-state index is 6.72. The van der Waals surface area contributed by atoms with Gasteiger partial charge in [-0.1, -0.05) is 70.1 Å². The van der Waals surface area contributed by atoms with Crippen LogP contribution in [-0.4, -0.2) is 129 Å². The van der Waals surface area contributed by atoms with Gasteiger partial charge in [0, 0.05) is 35.1 Å². The van der Waals surface area contributed by atoms with Crippen LogP contribution in [-0.2, 0) is 0 Å². The quantitative estimate of drug-likeness (QED) is 0.0688. The number of quaternary nitrogens is 4. The summed E-state index contributed by atoms with van der Waals surface area (Å²) < 4.78 is 18.1. The lowest BCUT2D eigenvalue weighted by molar-refractivity contribution is -1.10. The molecule has 0 aromatic heterocycles. The van der Waals surface area contributed by atoms with Gasteiger partial charge in [-0.05, 0) is 98.5 Å². The van der Waals surface area contributed by atoms with Gasteiger partial charge < -0.3 is 22.9 Å². The Bertz CT molecular complexity index is 1810. The van der Waals surface area contributed by atoms with Crippen LogP contribution in [0.25, 0.3) is 0 Å². The summed E-state index contributed by atoms with van der Waals surface area (Å²) in [6.45, 7) is 27.7. The van der Waals surface area contributed by atoms with Gasteiger partial charge in [-0.15, -0.1) is 0 Å². The van der Waals surface area contributed by atoms with E-state index in [-0.39, 0.29) is 6.23 Å². The number of hydrogen-bond acceptors (Lipinski definition) is 2. The molecule has 1 atom stereocenters. The average Bonchev–Trinajstić information content (AvgIpc) is 3.28. The molecular formula is C52H74N4O2+4. The SMILES string of the molecule is CCCCCC[N+]12CC[N+](CCCOc3ccc(C#Cc4ccc(C#Cc5ccc(OC(CC)[N+]67CC[N+](CCCCCC)(CC6)CC7)cc5)cc4)cc3)(CC1)CC2. The van der Waals surface area contributed by atoms with Crippen molar-refractivity contribution in [2.24, 2.45) is 0 Å². The number of hydrogen-bond donors (Lipinski definition) is 0. The molecule has 6 aliphatic rings. The standard InChI is InChI=1S/C52H74N4O2/c1-4-7-9-11-30-53-33-36-55(37-34-53,38-35-53)32-13-45-57-50-26-22-48(23-27-50)20-18-46-14-16-47(17-15-46)19-21-49-24-28-51(29-25-49)58-52(6-3)56-42-39-54(40-43-56,41-44-56)31-12-10-8-5-2/h14-17,22-29,52H,4-13,30-45H2,1-3H3/q+4. The third kappa shape index (κ3) is 10.9. The first kappa shape index (κ1) is 42.3. The molecule has 0 radical (unpaired) electrons. The Morgan fingerprint density at radius 2 is 0.793 bits per heavy atom. The Kier molecular flexibility index (Phi) is 14.6. The fraction of sp³-hybridized carbons (Fsp3) is 0.577. The van der Waals surface area contributed by atoms with Gasteiger partial charge in [-0.25, -0.2) is 0 Å². The summed E-state index contributed by atoms with van der Waals surface area (Å²) in [5.41, 5.74) is 3.97. The Morgan fingerprint density at radius 1 is 0.431 bits per heavy atom. The summed E-state index contributed by atoms with van der Waals surface area (Å²) in [4.78, 5) is 0. The third-order valence-electron chi connectivity index (χ3n) is 14.8. The first-order chi connectivity index (χ1) is 28.4. The highest BCUT2D eigenvalue weighted by Crippen LogP contribution is 2.33. The topological polar surface area (TPSA) is 18.5 Å². The second-order valence-electron chi connectivity index (χ2n) is 18.5. The summed E-state index contributed by atoms with van der Waals surface area (Å²) in [5.74, 6) is 15.2. The van der Waals surface area contributed by atoms with E-state index in [2.05, 4.69) is 117 Å². The number of unbranched alkanes of at least 4 members (excludes halogenated alkanes) is 6. The number of nitrogens with zero attached hydrogens (tertiary/aromatic N) is 4. The van der Waals surface area contributed by atoms with Gasteiger partial charge in [0.2, 0.25) is 6.23 Å². The molecule has 310 valence electrons. The molecule has 1 unspecified atom stereocenters. The number of piperazine rings is 6. The van der Waals surface area contributed by atoms with Gasteiger partial charge in [0.1, 0.15) is 90.0 Å². The molecule has 4 bridgehead atoms. The molecule has 6 heteroatoms. The van der Waals surface area contributed by atoms with Gasteiger partial charge in [0.15, 0.2) is 0 Å². The van der Waals surface area contributed by atoms with E-state index >= 15 is 0 Å². The van der Waals surface area contributed by atoms with E-state index in [0.717, 1.165) is 57.7 Å². The zero-order chi connectivity index (χ0) is 40.2. The minimum Gasteiger partial charge on any atom is -0.493 e. The van der Waals surface area contributed by atoms with E-state index in [9.17, 15) is 0 Å². The third-order valence-corrected chi connectivity index (χ3v) is 14.8. The van der Waals surface area contributed by atoms with Crippen molar-refractivity contribution in [1.82, 2.24) is 0 Å². The molecule has 3 aromatic rings. The summed E-state index contributed by atoms with van der Waals surface area (Å²) in [6.07, 6.45) is 13.4. The summed E-state index contributed by atoms with van der Waals surface area (Å²) >= 11 is 0. The monoisotopic (exact) mass is 787 g/mol. The molecule has 0 spiro atoms. The fourth-order valence-corrected chi connectivity index (χ4v) is 10.5. The Hall–Kier alpha value is -3.78. The lowest BCUT2D eigenvalue weighted by atomic mass is 10.0. The van der Waals surface area contributed by atoms with Gasteiger partial charge in [-0.3, -0.25) is 4.48 Å². The second-order valence-corrected chi connectivity index (χ2v) is 18.5. The first-order valence-corrected chi connectivity index (χ1v) is 23.4.